The topological polar surface area (TPSA) is 41.7 Å². The van der Waals surface area contributed by atoms with Crippen molar-refractivity contribution in [3.8, 4) is 0 Å². The Bertz CT molecular complexity index is 193. The molecule has 4 heteroatoms. The van der Waals surface area contributed by atoms with Crippen molar-refractivity contribution in [1.29, 1.82) is 0 Å². The van der Waals surface area contributed by atoms with E-state index in [1.807, 2.05) is 0 Å². The number of aromatic nitrogens is 3. The molecule has 1 aliphatic heterocycles. The Labute approximate surface area is 52.6 Å². The molecule has 1 aliphatic rings. The van der Waals surface area contributed by atoms with Crippen LogP contribution in [0.15, 0.2) is 12.7 Å². The molecular weight excluding hydrogens is 116 g/mol. The zero-order valence-corrected chi connectivity index (χ0v) is 4.86. The van der Waals surface area contributed by atoms with Crippen molar-refractivity contribution < 1.29 is 0 Å². The molecule has 1 fully saturated rings. The maximum absolute atomic E-state index is 3.94. The van der Waals surface area contributed by atoms with E-state index in [1.54, 1.807) is 0 Å². The maximum atomic E-state index is 3.94. The summed E-state index contributed by atoms with van der Waals surface area (Å²) in [5, 5.41) is 0. The molecule has 1 aromatic rings. The second-order valence-electron chi connectivity index (χ2n) is 1.93. The third-order valence-corrected chi connectivity index (χ3v) is 1.21. The molecule has 0 N–H and O–H groups in total. The van der Waals surface area contributed by atoms with E-state index in [-0.39, 0.29) is 0 Å². The summed E-state index contributed by atoms with van der Waals surface area (Å²) in [5.41, 5.74) is 0. The van der Waals surface area contributed by atoms with Gasteiger partial charge in [0.15, 0.2) is 0 Å². The maximum Gasteiger partial charge on any atom is 0.228 e. The zero-order chi connectivity index (χ0) is 6.10. The number of anilines is 1. The van der Waals surface area contributed by atoms with Crippen molar-refractivity contribution in [1.82, 2.24) is 15.0 Å². The molecule has 0 aliphatic carbocycles. The second kappa shape index (κ2) is 1.65. The molecule has 0 bridgehead atoms. The first-order chi connectivity index (χ1) is 4.47. The van der Waals surface area contributed by atoms with Crippen LogP contribution in [0.25, 0.3) is 0 Å². The van der Waals surface area contributed by atoms with Gasteiger partial charge in [0.05, 0.1) is 0 Å². The lowest BCUT2D eigenvalue weighted by Crippen LogP contribution is -1.97. The van der Waals surface area contributed by atoms with E-state index >= 15 is 0 Å². The highest BCUT2D eigenvalue weighted by Gasteiger charge is 2.19. The Morgan fingerprint density at radius 1 is 1.22 bits per heavy atom. The number of hydrogen-bond acceptors (Lipinski definition) is 4. The third kappa shape index (κ3) is 0.826. The molecule has 0 spiro atoms. The molecule has 0 atom stereocenters. The molecule has 4 nitrogen and oxygen atoms in total. The lowest BCUT2D eigenvalue weighted by molar-refractivity contribution is 1.02. The summed E-state index contributed by atoms with van der Waals surface area (Å²) < 4.78 is 0. The van der Waals surface area contributed by atoms with Gasteiger partial charge < -0.3 is 4.90 Å². The number of nitrogens with zero attached hydrogens (tertiary/aromatic N) is 4. The minimum atomic E-state index is 0.796. The Balaban J connectivity index is 2.29. The van der Waals surface area contributed by atoms with Crippen LogP contribution < -0.4 is 4.90 Å². The monoisotopic (exact) mass is 122 g/mol. The lowest BCUT2D eigenvalue weighted by atomic mass is 10.9. The highest BCUT2D eigenvalue weighted by Crippen LogP contribution is 2.11. The van der Waals surface area contributed by atoms with E-state index in [4.69, 9.17) is 0 Å². The highest BCUT2D eigenvalue weighted by atomic mass is 15.3. The van der Waals surface area contributed by atoms with Crippen LogP contribution in [0.1, 0.15) is 0 Å². The summed E-state index contributed by atoms with van der Waals surface area (Å²) in [6.45, 7) is 2.17. The fraction of sp³-hybridized carbons (Fsp3) is 0.400. The molecule has 1 saturated heterocycles. The van der Waals surface area contributed by atoms with E-state index in [1.165, 1.54) is 12.7 Å². The van der Waals surface area contributed by atoms with Crippen LogP contribution in [0.3, 0.4) is 0 Å². The van der Waals surface area contributed by atoms with E-state index in [0.717, 1.165) is 19.0 Å². The first kappa shape index (κ1) is 4.67. The SMILES string of the molecule is c1ncnc(N2CC2)n1. The molecule has 2 rings (SSSR count). The van der Waals surface area contributed by atoms with Gasteiger partial charge in [0.1, 0.15) is 12.7 Å². The summed E-state index contributed by atoms with van der Waals surface area (Å²) in [4.78, 5) is 13.7. The second-order valence-corrected chi connectivity index (χ2v) is 1.93. The van der Waals surface area contributed by atoms with Gasteiger partial charge in [0, 0.05) is 13.1 Å². The van der Waals surface area contributed by atoms with Crippen molar-refractivity contribution >= 4 is 5.95 Å². The van der Waals surface area contributed by atoms with Gasteiger partial charge >= 0.3 is 0 Å². The minimum Gasteiger partial charge on any atom is -0.337 e. The molecule has 0 amide bonds. The fourth-order valence-corrected chi connectivity index (χ4v) is 0.646. The summed E-state index contributed by atoms with van der Waals surface area (Å²) in [5.74, 6) is 0.796. The standard InChI is InChI=1S/C5H6N4/c1-2-9(1)5-7-3-6-4-8-5/h3-4H,1-2H2. The van der Waals surface area contributed by atoms with Crippen molar-refractivity contribution in [2.75, 3.05) is 18.0 Å². The molecule has 0 saturated carbocycles. The molecule has 1 aromatic heterocycles. The van der Waals surface area contributed by atoms with Gasteiger partial charge in [-0.25, -0.2) is 15.0 Å². The van der Waals surface area contributed by atoms with Gasteiger partial charge in [-0.15, -0.1) is 0 Å². The van der Waals surface area contributed by atoms with Crippen LogP contribution in [0.5, 0.6) is 0 Å². The molecular formula is C5H6N4. The van der Waals surface area contributed by atoms with Crippen molar-refractivity contribution in [3.05, 3.63) is 12.7 Å². The van der Waals surface area contributed by atoms with Gasteiger partial charge in [-0.3, -0.25) is 0 Å². The first-order valence-corrected chi connectivity index (χ1v) is 2.84. The average molecular weight is 122 g/mol. The highest BCUT2D eigenvalue weighted by molar-refractivity contribution is 5.35. The Kier molecular flexibility index (Phi) is 0.855. The Morgan fingerprint density at radius 2 is 1.89 bits per heavy atom. The van der Waals surface area contributed by atoms with Crippen LogP contribution >= 0.6 is 0 Å². The van der Waals surface area contributed by atoms with Gasteiger partial charge in [-0.05, 0) is 0 Å². The molecule has 0 unspecified atom stereocenters. The summed E-state index contributed by atoms with van der Waals surface area (Å²) in [6, 6.07) is 0. The Hall–Kier alpha value is -1.19. The van der Waals surface area contributed by atoms with E-state index < -0.39 is 0 Å². The normalized spacial score (nSPS) is 15.8. The van der Waals surface area contributed by atoms with Crippen LogP contribution in [0.4, 0.5) is 5.95 Å². The number of rotatable bonds is 1. The minimum absolute atomic E-state index is 0.796. The van der Waals surface area contributed by atoms with Crippen molar-refractivity contribution in [3.63, 3.8) is 0 Å². The molecule has 0 radical (unpaired) electrons. The predicted molar refractivity (Wildman–Crippen MR) is 32.0 cm³/mol. The largest absolute Gasteiger partial charge is 0.337 e. The fourth-order valence-electron chi connectivity index (χ4n) is 0.646. The van der Waals surface area contributed by atoms with Gasteiger partial charge in [0.2, 0.25) is 5.95 Å². The van der Waals surface area contributed by atoms with Gasteiger partial charge in [0.25, 0.3) is 0 Å². The molecule has 46 valence electrons. The van der Waals surface area contributed by atoms with Crippen molar-refractivity contribution in [2.45, 2.75) is 0 Å². The Morgan fingerprint density at radius 3 is 2.44 bits per heavy atom. The molecule has 9 heavy (non-hydrogen) atoms. The van der Waals surface area contributed by atoms with E-state index in [2.05, 4.69) is 19.9 Å². The van der Waals surface area contributed by atoms with Gasteiger partial charge in [-0.2, -0.15) is 0 Å². The van der Waals surface area contributed by atoms with Crippen LogP contribution in [-0.2, 0) is 0 Å². The molecule has 2 heterocycles. The first-order valence-electron chi connectivity index (χ1n) is 2.84. The zero-order valence-electron chi connectivity index (χ0n) is 4.86. The van der Waals surface area contributed by atoms with Crippen LogP contribution in [0, 0.1) is 0 Å². The number of hydrogen-bond donors (Lipinski definition) is 0. The van der Waals surface area contributed by atoms with Crippen LogP contribution in [-0.4, -0.2) is 28.0 Å². The summed E-state index contributed by atoms with van der Waals surface area (Å²) >= 11 is 0. The summed E-state index contributed by atoms with van der Waals surface area (Å²) in [7, 11) is 0. The summed E-state index contributed by atoms with van der Waals surface area (Å²) in [6.07, 6.45) is 3.03. The lowest BCUT2D eigenvalue weighted by Gasteiger charge is -1.94. The average Bonchev–Trinajstić information content (AvgIpc) is 2.71. The quantitative estimate of drug-likeness (QED) is 0.479. The van der Waals surface area contributed by atoms with Crippen molar-refractivity contribution in [2.24, 2.45) is 0 Å². The smallest absolute Gasteiger partial charge is 0.228 e. The predicted octanol–water partition coefficient (Wildman–Crippen LogP) is -0.308. The van der Waals surface area contributed by atoms with E-state index in [9.17, 15) is 0 Å². The third-order valence-electron chi connectivity index (χ3n) is 1.21. The van der Waals surface area contributed by atoms with Crippen LogP contribution in [0.2, 0.25) is 0 Å². The van der Waals surface area contributed by atoms with Gasteiger partial charge in [-0.1, -0.05) is 0 Å². The molecule has 0 aromatic carbocycles. The van der Waals surface area contributed by atoms with E-state index in [0.29, 0.717) is 0 Å².